The van der Waals surface area contributed by atoms with E-state index in [0.717, 1.165) is 32.1 Å². The third kappa shape index (κ3) is 2.06. The summed E-state index contributed by atoms with van der Waals surface area (Å²) in [6.45, 7) is 9.69. The Morgan fingerprint density at radius 2 is 1.83 bits per heavy atom. The molecule has 0 aromatic heterocycles. The fraction of sp³-hybridized carbons (Fsp3) is 0.900. The summed E-state index contributed by atoms with van der Waals surface area (Å²) in [4.78, 5) is 0. The number of hydrogen-bond donors (Lipinski definition) is 2. The minimum absolute atomic E-state index is 0.0971. The smallest absolute Gasteiger partial charge is 0.0862 e. The summed E-state index contributed by atoms with van der Waals surface area (Å²) in [7, 11) is 0. The van der Waals surface area contributed by atoms with Gasteiger partial charge < -0.3 is 14.9 Å². The third-order valence-electron chi connectivity index (χ3n) is 8.02. The fourth-order valence-corrected chi connectivity index (χ4v) is 6.69. The van der Waals surface area contributed by atoms with Crippen molar-refractivity contribution >= 4 is 0 Å². The molecular formula is C20H32O3. The molecule has 3 nitrogen and oxygen atoms in total. The van der Waals surface area contributed by atoms with Crippen LogP contribution in [0, 0.1) is 28.1 Å². The Labute approximate surface area is 140 Å². The van der Waals surface area contributed by atoms with Crippen molar-refractivity contribution in [2.75, 3.05) is 6.61 Å². The van der Waals surface area contributed by atoms with Crippen LogP contribution in [0.25, 0.3) is 0 Å². The summed E-state index contributed by atoms with van der Waals surface area (Å²) in [6, 6.07) is 0. The van der Waals surface area contributed by atoms with Crippen molar-refractivity contribution in [3.05, 3.63) is 11.6 Å². The molecule has 2 bridgehead atoms. The monoisotopic (exact) mass is 320 g/mol. The van der Waals surface area contributed by atoms with Crippen molar-refractivity contribution in [2.24, 2.45) is 28.1 Å². The summed E-state index contributed by atoms with van der Waals surface area (Å²) in [5.74, 6) is 0.858. The van der Waals surface area contributed by atoms with Gasteiger partial charge in [-0.2, -0.15) is 0 Å². The van der Waals surface area contributed by atoms with Crippen LogP contribution < -0.4 is 0 Å². The topological polar surface area (TPSA) is 49.7 Å². The average molecular weight is 320 g/mol. The summed E-state index contributed by atoms with van der Waals surface area (Å²) >= 11 is 0. The molecular weight excluding hydrogens is 288 g/mol. The number of ether oxygens (including phenoxy) is 1. The molecule has 1 heterocycles. The van der Waals surface area contributed by atoms with Gasteiger partial charge in [-0.15, -0.1) is 0 Å². The molecule has 3 fully saturated rings. The molecule has 23 heavy (non-hydrogen) atoms. The molecule has 2 saturated carbocycles. The van der Waals surface area contributed by atoms with Crippen LogP contribution in [0.15, 0.2) is 11.6 Å². The van der Waals surface area contributed by atoms with E-state index in [9.17, 15) is 10.2 Å². The van der Waals surface area contributed by atoms with Crippen LogP contribution in [0.3, 0.4) is 0 Å². The number of rotatable bonds is 0. The molecule has 2 N–H and O–H groups in total. The maximum atomic E-state index is 11.0. The molecule has 0 unspecified atom stereocenters. The van der Waals surface area contributed by atoms with E-state index >= 15 is 0 Å². The molecule has 0 amide bonds. The van der Waals surface area contributed by atoms with Gasteiger partial charge in [0.15, 0.2) is 0 Å². The highest BCUT2D eigenvalue weighted by Crippen LogP contribution is 2.64. The highest BCUT2D eigenvalue weighted by atomic mass is 16.5. The number of fused-ring (bicyclic) bond motifs is 6. The Bertz CT molecular complexity index is 539. The zero-order valence-corrected chi connectivity index (χ0v) is 15.0. The summed E-state index contributed by atoms with van der Waals surface area (Å²) in [6.07, 6.45) is 7.03. The first-order chi connectivity index (χ1) is 10.7. The van der Waals surface area contributed by atoms with Gasteiger partial charge in [0.05, 0.1) is 24.9 Å². The molecule has 3 heteroatoms. The van der Waals surface area contributed by atoms with Crippen LogP contribution in [0.4, 0.5) is 0 Å². The lowest BCUT2D eigenvalue weighted by atomic mass is 9.43. The molecule has 0 aromatic carbocycles. The van der Waals surface area contributed by atoms with Gasteiger partial charge in [0.25, 0.3) is 0 Å². The normalized spacial score (nSPS) is 54.7. The van der Waals surface area contributed by atoms with Crippen molar-refractivity contribution < 1.29 is 14.9 Å². The Morgan fingerprint density at radius 1 is 1.09 bits per heavy atom. The predicted octanol–water partition coefficient (Wildman–Crippen LogP) is 3.30. The maximum Gasteiger partial charge on any atom is 0.0862 e. The minimum Gasteiger partial charge on any atom is -0.393 e. The van der Waals surface area contributed by atoms with Crippen LogP contribution in [0.5, 0.6) is 0 Å². The van der Waals surface area contributed by atoms with Crippen LogP contribution >= 0.6 is 0 Å². The number of hydrogen-bond acceptors (Lipinski definition) is 3. The lowest BCUT2D eigenvalue weighted by Crippen LogP contribution is -2.62. The van der Waals surface area contributed by atoms with Gasteiger partial charge in [-0.3, -0.25) is 0 Å². The Morgan fingerprint density at radius 3 is 2.57 bits per heavy atom. The van der Waals surface area contributed by atoms with E-state index in [-0.39, 0.29) is 28.5 Å². The molecule has 0 aromatic rings. The van der Waals surface area contributed by atoms with Crippen LogP contribution in [-0.2, 0) is 4.74 Å². The first kappa shape index (κ1) is 16.1. The molecule has 4 rings (SSSR count). The van der Waals surface area contributed by atoms with Crippen molar-refractivity contribution in [1.29, 1.82) is 0 Å². The standard InChI is InChI=1S/C20H32O3/c1-18(2)8-7-15(21)20(4)14(18)6-5-12-9-19(3)10-13(17(12)20)23-11-16(19)22/h9,13-17,21-22H,5-8,10-11H2,1-4H3/t13-,14-,15+,16-,17+,19+,20+/m0/s1. The summed E-state index contributed by atoms with van der Waals surface area (Å²) in [5.41, 5.74) is 1.49. The van der Waals surface area contributed by atoms with Gasteiger partial charge in [0, 0.05) is 16.7 Å². The Hall–Kier alpha value is -0.380. The first-order valence-corrected chi connectivity index (χ1v) is 9.38. The van der Waals surface area contributed by atoms with Crippen molar-refractivity contribution in [3.8, 4) is 0 Å². The zero-order chi connectivity index (χ0) is 16.6. The van der Waals surface area contributed by atoms with Gasteiger partial charge in [-0.05, 0) is 43.4 Å². The maximum absolute atomic E-state index is 11.0. The summed E-state index contributed by atoms with van der Waals surface area (Å²) < 4.78 is 6.12. The molecule has 1 saturated heterocycles. The summed E-state index contributed by atoms with van der Waals surface area (Å²) in [5, 5.41) is 21.4. The van der Waals surface area contributed by atoms with E-state index in [4.69, 9.17) is 4.74 Å². The van der Waals surface area contributed by atoms with Gasteiger partial charge in [0.2, 0.25) is 0 Å². The van der Waals surface area contributed by atoms with E-state index in [1.165, 1.54) is 5.57 Å². The van der Waals surface area contributed by atoms with E-state index < -0.39 is 6.10 Å². The first-order valence-electron chi connectivity index (χ1n) is 9.38. The molecule has 0 radical (unpaired) electrons. The van der Waals surface area contributed by atoms with Gasteiger partial charge in [-0.1, -0.05) is 39.3 Å². The zero-order valence-electron chi connectivity index (χ0n) is 15.0. The quantitative estimate of drug-likeness (QED) is 0.673. The van der Waals surface area contributed by atoms with Crippen LogP contribution in [0.2, 0.25) is 0 Å². The highest BCUT2D eigenvalue weighted by molar-refractivity contribution is 5.29. The SMILES string of the molecule is CC1(C)CC[C@@H](O)[C@]2(C)[C@@H]3C(=C[C@]4(C)C[C@@H]3OC[C@@H]4O)CC[C@@H]12. The van der Waals surface area contributed by atoms with Crippen molar-refractivity contribution in [3.63, 3.8) is 0 Å². The molecule has 3 aliphatic carbocycles. The molecule has 130 valence electrons. The largest absolute Gasteiger partial charge is 0.393 e. The average Bonchev–Trinajstić information content (AvgIpc) is 2.47. The van der Waals surface area contributed by atoms with E-state index in [2.05, 4.69) is 33.8 Å². The second-order valence-corrected chi connectivity index (χ2v) is 9.79. The lowest BCUT2D eigenvalue weighted by Gasteiger charge is -2.63. The van der Waals surface area contributed by atoms with Gasteiger partial charge in [-0.25, -0.2) is 0 Å². The second kappa shape index (κ2) is 4.83. The molecule has 1 aliphatic heterocycles. The minimum atomic E-state index is -0.398. The molecule has 0 spiro atoms. The van der Waals surface area contributed by atoms with Crippen molar-refractivity contribution in [1.82, 2.24) is 0 Å². The Balaban J connectivity index is 1.80. The number of aliphatic hydroxyl groups is 2. The van der Waals surface area contributed by atoms with Gasteiger partial charge >= 0.3 is 0 Å². The second-order valence-electron chi connectivity index (χ2n) is 9.79. The van der Waals surface area contributed by atoms with E-state index in [1.807, 2.05) is 0 Å². The lowest BCUT2D eigenvalue weighted by molar-refractivity contribution is -0.202. The molecule has 7 atom stereocenters. The highest BCUT2D eigenvalue weighted by Gasteiger charge is 2.62. The fourth-order valence-electron chi connectivity index (χ4n) is 6.69. The van der Waals surface area contributed by atoms with E-state index in [0.29, 0.717) is 18.4 Å². The Kier molecular flexibility index (Phi) is 3.38. The van der Waals surface area contributed by atoms with Crippen LogP contribution in [-0.4, -0.2) is 35.1 Å². The van der Waals surface area contributed by atoms with Crippen molar-refractivity contribution in [2.45, 2.75) is 78.1 Å². The molecule has 4 aliphatic rings. The predicted molar refractivity (Wildman–Crippen MR) is 89.9 cm³/mol. The van der Waals surface area contributed by atoms with E-state index in [1.54, 1.807) is 0 Å². The third-order valence-corrected chi connectivity index (χ3v) is 8.02. The van der Waals surface area contributed by atoms with Gasteiger partial charge in [0.1, 0.15) is 0 Å². The number of aliphatic hydroxyl groups excluding tert-OH is 2. The van der Waals surface area contributed by atoms with Crippen LogP contribution in [0.1, 0.15) is 59.8 Å².